The van der Waals surface area contributed by atoms with Crippen molar-refractivity contribution in [2.45, 2.75) is 31.8 Å². The van der Waals surface area contributed by atoms with Crippen molar-refractivity contribution >= 4 is 0 Å². The highest BCUT2D eigenvalue weighted by Crippen LogP contribution is 2.35. The molecule has 0 saturated carbocycles. The molecule has 4 heteroatoms. The van der Waals surface area contributed by atoms with E-state index < -0.39 is 0 Å². The van der Waals surface area contributed by atoms with E-state index in [9.17, 15) is 0 Å². The summed E-state index contributed by atoms with van der Waals surface area (Å²) in [5.74, 6) is 0.907. The molecule has 0 spiro atoms. The summed E-state index contributed by atoms with van der Waals surface area (Å²) in [6, 6.07) is 6.23. The van der Waals surface area contributed by atoms with Gasteiger partial charge in [-0.15, -0.1) is 0 Å². The lowest BCUT2D eigenvalue weighted by Crippen LogP contribution is -2.45. The lowest BCUT2D eigenvalue weighted by atomic mass is 9.95. The second-order valence-corrected chi connectivity index (χ2v) is 5.31. The number of benzene rings is 1. The van der Waals surface area contributed by atoms with Gasteiger partial charge in [0.15, 0.2) is 0 Å². The number of methoxy groups -OCH3 is 2. The van der Waals surface area contributed by atoms with Crippen molar-refractivity contribution in [2.75, 3.05) is 20.8 Å². The van der Waals surface area contributed by atoms with Crippen molar-refractivity contribution < 1.29 is 18.9 Å². The minimum atomic E-state index is -0.322. The van der Waals surface area contributed by atoms with Gasteiger partial charge in [-0.05, 0) is 24.6 Å². The van der Waals surface area contributed by atoms with E-state index in [0.717, 1.165) is 17.7 Å². The van der Waals surface area contributed by atoms with Crippen LogP contribution in [-0.2, 0) is 20.6 Å². The minimum Gasteiger partial charge on any atom is -0.461 e. The van der Waals surface area contributed by atoms with Gasteiger partial charge < -0.3 is 18.9 Å². The van der Waals surface area contributed by atoms with Crippen LogP contribution in [0.1, 0.15) is 11.1 Å². The van der Waals surface area contributed by atoms with Crippen LogP contribution in [0.25, 0.3) is 0 Å². The number of aryl methyl sites for hydroxylation is 1. The van der Waals surface area contributed by atoms with E-state index in [1.165, 1.54) is 11.1 Å². The number of rotatable bonds is 3. The van der Waals surface area contributed by atoms with Gasteiger partial charge in [0, 0.05) is 26.2 Å². The average Bonchev–Trinajstić information content (AvgIpc) is 2.45. The molecule has 1 aromatic carbocycles. The summed E-state index contributed by atoms with van der Waals surface area (Å²) in [6.07, 6.45) is 2.42. The zero-order chi connectivity index (χ0) is 14.1. The molecule has 108 valence electrons. The summed E-state index contributed by atoms with van der Waals surface area (Å²) in [6.45, 7) is 2.58. The van der Waals surface area contributed by atoms with E-state index >= 15 is 0 Å². The normalized spacial score (nSPS) is 28.1. The quantitative estimate of drug-likeness (QED) is 0.793. The maximum absolute atomic E-state index is 5.98. The highest BCUT2D eigenvalue weighted by Gasteiger charge is 2.36. The maximum atomic E-state index is 5.98. The Balaban J connectivity index is 1.88. The number of ether oxygens (including phenoxy) is 4. The molecule has 0 aliphatic carbocycles. The molecule has 20 heavy (non-hydrogen) atoms. The topological polar surface area (TPSA) is 36.9 Å². The molecular weight excluding hydrogens is 256 g/mol. The molecule has 0 fully saturated rings. The second kappa shape index (κ2) is 5.56. The van der Waals surface area contributed by atoms with Gasteiger partial charge in [-0.1, -0.05) is 17.7 Å². The van der Waals surface area contributed by atoms with Crippen molar-refractivity contribution in [1.82, 2.24) is 0 Å². The van der Waals surface area contributed by atoms with Crippen molar-refractivity contribution in [2.24, 2.45) is 0 Å². The molecule has 0 radical (unpaired) electrons. The molecule has 1 aromatic rings. The van der Waals surface area contributed by atoms with Crippen molar-refractivity contribution in [3.05, 3.63) is 41.0 Å². The fourth-order valence-corrected chi connectivity index (χ4v) is 2.78. The molecule has 2 aliphatic heterocycles. The zero-order valence-electron chi connectivity index (χ0n) is 12.1. The molecule has 0 aromatic heterocycles. The van der Waals surface area contributed by atoms with Crippen LogP contribution >= 0.6 is 0 Å². The predicted molar refractivity (Wildman–Crippen MR) is 74.9 cm³/mol. The molecule has 4 nitrogen and oxygen atoms in total. The van der Waals surface area contributed by atoms with Gasteiger partial charge in [-0.3, -0.25) is 0 Å². The van der Waals surface area contributed by atoms with E-state index in [4.69, 9.17) is 18.9 Å². The van der Waals surface area contributed by atoms with Crippen LogP contribution in [0.2, 0.25) is 0 Å². The van der Waals surface area contributed by atoms with Crippen LogP contribution in [0.3, 0.4) is 0 Å². The molecule has 0 bridgehead atoms. The summed E-state index contributed by atoms with van der Waals surface area (Å²) >= 11 is 0. The van der Waals surface area contributed by atoms with E-state index in [2.05, 4.69) is 25.1 Å². The largest absolute Gasteiger partial charge is 0.461 e. The Hall–Kier alpha value is -1.36. The predicted octanol–water partition coefficient (Wildman–Crippen LogP) is 2.24. The fourth-order valence-electron chi connectivity index (χ4n) is 2.78. The van der Waals surface area contributed by atoms with Gasteiger partial charge >= 0.3 is 0 Å². The average molecular weight is 276 g/mol. The maximum Gasteiger partial charge on any atom is 0.223 e. The van der Waals surface area contributed by atoms with Gasteiger partial charge in [0.05, 0.1) is 6.61 Å². The lowest BCUT2D eigenvalue weighted by Gasteiger charge is -2.37. The SMILES string of the molecule is COC[C@H]1O[C@H]2Oc3ccc(C)cc3CC2=C[C@@H]1OC. The third-order valence-corrected chi connectivity index (χ3v) is 3.79. The Morgan fingerprint density at radius 1 is 1.30 bits per heavy atom. The fraction of sp³-hybridized carbons (Fsp3) is 0.500. The van der Waals surface area contributed by atoms with Gasteiger partial charge in [0.1, 0.15) is 18.0 Å². The van der Waals surface area contributed by atoms with Crippen LogP contribution in [0.5, 0.6) is 5.75 Å². The van der Waals surface area contributed by atoms with E-state index in [0.29, 0.717) is 6.61 Å². The Morgan fingerprint density at radius 3 is 2.90 bits per heavy atom. The number of fused-ring (bicyclic) bond motifs is 2. The van der Waals surface area contributed by atoms with Crippen LogP contribution < -0.4 is 4.74 Å². The Morgan fingerprint density at radius 2 is 2.15 bits per heavy atom. The molecule has 3 atom stereocenters. The Kier molecular flexibility index (Phi) is 3.78. The van der Waals surface area contributed by atoms with Crippen LogP contribution in [0.4, 0.5) is 0 Å². The van der Waals surface area contributed by atoms with Gasteiger partial charge in [0.25, 0.3) is 0 Å². The molecule has 0 unspecified atom stereocenters. The van der Waals surface area contributed by atoms with Crippen molar-refractivity contribution in [3.8, 4) is 5.75 Å². The van der Waals surface area contributed by atoms with E-state index in [1.54, 1.807) is 14.2 Å². The monoisotopic (exact) mass is 276 g/mol. The Labute approximate surface area is 119 Å². The lowest BCUT2D eigenvalue weighted by molar-refractivity contribution is -0.162. The molecule has 0 N–H and O–H groups in total. The number of hydrogen-bond donors (Lipinski definition) is 0. The number of hydrogen-bond acceptors (Lipinski definition) is 4. The van der Waals surface area contributed by atoms with E-state index in [-0.39, 0.29) is 18.5 Å². The molecule has 0 saturated heterocycles. The summed E-state index contributed by atoms with van der Waals surface area (Å²) in [5, 5.41) is 0. The standard InChI is InChI=1S/C16H20O4/c1-10-4-5-13-11(6-10)7-12-8-14(18-3)15(9-17-2)20-16(12)19-13/h4-6,8,14-16H,7,9H2,1-3H3/t14-,15+,16+/m0/s1. The first-order valence-corrected chi connectivity index (χ1v) is 6.85. The van der Waals surface area contributed by atoms with Crippen molar-refractivity contribution in [3.63, 3.8) is 0 Å². The van der Waals surface area contributed by atoms with Crippen molar-refractivity contribution in [1.29, 1.82) is 0 Å². The van der Waals surface area contributed by atoms with E-state index in [1.807, 2.05) is 6.07 Å². The molecule has 0 amide bonds. The highest BCUT2D eigenvalue weighted by molar-refractivity contribution is 5.43. The highest BCUT2D eigenvalue weighted by atomic mass is 16.7. The minimum absolute atomic E-state index is 0.0869. The van der Waals surface area contributed by atoms with Crippen LogP contribution in [-0.4, -0.2) is 39.3 Å². The summed E-state index contributed by atoms with van der Waals surface area (Å²) in [4.78, 5) is 0. The van der Waals surface area contributed by atoms with Gasteiger partial charge in [0.2, 0.25) is 6.29 Å². The Bertz CT molecular complexity index is 523. The third-order valence-electron chi connectivity index (χ3n) is 3.79. The summed E-state index contributed by atoms with van der Waals surface area (Å²) in [5.41, 5.74) is 3.57. The van der Waals surface area contributed by atoms with Gasteiger partial charge in [-0.25, -0.2) is 0 Å². The molecule has 3 rings (SSSR count). The smallest absolute Gasteiger partial charge is 0.223 e. The van der Waals surface area contributed by atoms with Gasteiger partial charge in [-0.2, -0.15) is 0 Å². The second-order valence-electron chi connectivity index (χ2n) is 5.31. The van der Waals surface area contributed by atoms with Crippen LogP contribution in [0, 0.1) is 6.92 Å². The molecule has 2 heterocycles. The molecule has 2 aliphatic rings. The first kappa shape index (κ1) is 13.6. The first-order valence-electron chi connectivity index (χ1n) is 6.85. The summed E-state index contributed by atoms with van der Waals surface area (Å²) < 4.78 is 22.6. The molecular formula is C16H20O4. The zero-order valence-corrected chi connectivity index (χ0v) is 12.1. The summed E-state index contributed by atoms with van der Waals surface area (Å²) in [7, 11) is 3.35. The van der Waals surface area contributed by atoms with Crippen LogP contribution in [0.15, 0.2) is 29.8 Å². The third kappa shape index (κ3) is 2.46. The first-order chi connectivity index (χ1) is 9.71.